The Labute approximate surface area is 150 Å². The maximum Gasteiger partial charge on any atom is 0.266 e. The van der Waals surface area contributed by atoms with Crippen molar-refractivity contribution in [1.82, 2.24) is 0 Å². The Morgan fingerprint density at radius 1 is 1.00 bits per heavy atom. The molecule has 2 aromatic rings. The van der Waals surface area contributed by atoms with Crippen LogP contribution < -0.4 is 10.2 Å². The first-order valence-corrected chi connectivity index (χ1v) is 8.17. The minimum absolute atomic E-state index is 0.178. The summed E-state index contributed by atoms with van der Waals surface area (Å²) in [6, 6.07) is 11.3. The van der Waals surface area contributed by atoms with Crippen molar-refractivity contribution >= 4 is 40.7 Å². The number of benzene rings is 2. The number of nitrogens with zero attached hydrogens (tertiary/aromatic N) is 1. The third-order valence-electron chi connectivity index (χ3n) is 3.93. The van der Waals surface area contributed by atoms with E-state index < -0.39 is 5.41 Å². The van der Waals surface area contributed by atoms with Crippen molar-refractivity contribution in [2.75, 3.05) is 10.2 Å². The van der Waals surface area contributed by atoms with E-state index >= 15 is 0 Å². The lowest BCUT2D eigenvalue weighted by Gasteiger charge is -2.19. The van der Waals surface area contributed by atoms with Gasteiger partial charge in [-0.2, -0.15) is 0 Å². The molecule has 0 saturated heterocycles. The average molecular weight is 357 g/mol. The highest BCUT2D eigenvalue weighted by atomic mass is 35.5. The second-order valence-corrected chi connectivity index (χ2v) is 7.27. The van der Waals surface area contributed by atoms with Gasteiger partial charge in [0.15, 0.2) is 0 Å². The summed E-state index contributed by atoms with van der Waals surface area (Å²) in [5, 5.41) is 3.00. The van der Waals surface area contributed by atoms with Gasteiger partial charge in [-0.1, -0.05) is 44.5 Å². The lowest BCUT2D eigenvalue weighted by Crippen LogP contribution is -2.29. The zero-order chi connectivity index (χ0) is 18.4. The summed E-state index contributed by atoms with van der Waals surface area (Å²) >= 11 is 6.24. The van der Waals surface area contributed by atoms with Crippen molar-refractivity contribution in [1.29, 1.82) is 0 Å². The Kier molecular flexibility index (Phi) is 4.13. The van der Waals surface area contributed by atoms with E-state index in [1.807, 2.05) is 0 Å². The number of rotatable bonds is 2. The van der Waals surface area contributed by atoms with E-state index in [4.69, 9.17) is 11.6 Å². The van der Waals surface area contributed by atoms with Crippen molar-refractivity contribution in [3.05, 3.63) is 58.6 Å². The van der Waals surface area contributed by atoms with Crippen LogP contribution in [-0.2, 0) is 4.79 Å². The van der Waals surface area contributed by atoms with Crippen LogP contribution >= 0.6 is 11.6 Å². The number of carbonyl (C=O) groups excluding carboxylic acids is 3. The first-order valence-electron chi connectivity index (χ1n) is 7.79. The number of hydrogen-bond donors (Lipinski definition) is 1. The lowest BCUT2D eigenvalue weighted by atomic mass is 9.95. The fraction of sp³-hybridized carbons (Fsp3) is 0.211. The molecule has 128 valence electrons. The Balaban J connectivity index is 1.91. The molecule has 3 rings (SSSR count). The van der Waals surface area contributed by atoms with Crippen LogP contribution in [0.2, 0.25) is 5.02 Å². The van der Waals surface area contributed by atoms with E-state index in [9.17, 15) is 14.4 Å². The van der Waals surface area contributed by atoms with Crippen molar-refractivity contribution in [3.63, 3.8) is 0 Å². The molecule has 0 saturated carbocycles. The van der Waals surface area contributed by atoms with Crippen LogP contribution in [0, 0.1) is 5.41 Å². The molecule has 0 radical (unpaired) electrons. The largest absolute Gasteiger partial charge is 0.324 e. The van der Waals surface area contributed by atoms with Gasteiger partial charge in [-0.25, -0.2) is 4.90 Å². The van der Waals surface area contributed by atoms with Crippen LogP contribution in [0.25, 0.3) is 0 Å². The fourth-order valence-electron chi connectivity index (χ4n) is 2.48. The highest BCUT2D eigenvalue weighted by molar-refractivity contribution is 6.36. The molecule has 6 heteroatoms. The van der Waals surface area contributed by atoms with Gasteiger partial charge in [-0.3, -0.25) is 14.4 Å². The van der Waals surface area contributed by atoms with E-state index in [0.29, 0.717) is 22.5 Å². The van der Waals surface area contributed by atoms with Gasteiger partial charge in [0.25, 0.3) is 11.8 Å². The molecule has 0 unspecified atom stereocenters. The highest BCUT2D eigenvalue weighted by Gasteiger charge is 2.36. The van der Waals surface area contributed by atoms with Crippen molar-refractivity contribution in [3.8, 4) is 0 Å². The van der Waals surface area contributed by atoms with Gasteiger partial charge in [0.05, 0.1) is 27.5 Å². The summed E-state index contributed by atoms with van der Waals surface area (Å²) < 4.78 is 0. The predicted molar refractivity (Wildman–Crippen MR) is 97.1 cm³/mol. The van der Waals surface area contributed by atoms with Crippen LogP contribution in [0.5, 0.6) is 0 Å². The third-order valence-corrected chi connectivity index (χ3v) is 4.25. The predicted octanol–water partition coefficient (Wildman–Crippen LogP) is 4.13. The fourth-order valence-corrected chi connectivity index (χ4v) is 2.70. The number of fused-ring (bicyclic) bond motifs is 1. The molecule has 1 heterocycles. The number of hydrogen-bond acceptors (Lipinski definition) is 3. The first-order chi connectivity index (χ1) is 11.7. The molecule has 0 atom stereocenters. The Morgan fingerprint density at radius 3 is 2.04 bits per heavy atom. The molecule has 0 aromatic heterocycles. The van der Waals surface area contributed by atoms with Crippen molar-refractivity contribution in [2.45, 2.75) is 20.8 Å². The van der Waals surface area contributed by atoms with Gasteiger partial charge < -0.3 is 5.32 Å². The van der Waals surface area contributed by atoms with Crippen LogP contribution in [0.4, 0.5) is 11.4 Å². The minimum Gasteiger partial charge on any atom is -0.324 e. The molecule has 5 nitrogen and oxygen atoms in total. The lowest BCUT2D eigenvalue weighted by molar-refractivity contribution is -0.123. The maximum absolute atomic E-state index is 12.5. The standard InChI is InChI=1S/C19H17ClN2O3/c1-19(2,3)18(25)21-15-9-8-11(10-14(15)20)22-16(23)12-6-4-5-7-13(12)17(22)24/h4-10H,1-3H3,(H,21,25). The number of carbonyl (C=O) groups is 3. The number of imide groups is 1. The van der Waals surface area contributed by atoms with Gasteiger partial charge in [0, 0.05) is 5.41 Å². The van der Waals surface area contributed by atoms with Crippen LogP contribution in [-0.4, -0.2) is 17.7 Å². The summed E-state index contributed by atoms with van der Waals surface area (Å²) in [5.74, 6) is -0.950. The molecular formula is C19H17ClN2O3. The van der Waals surface area contributed by atoms with E-state index in [0.717, 1.165) is 4.90 Å². The molecule has 1 aliphatic heterocycles. The second kappa shape index (κ2) is 6.01. The third kappa shape index (κ3) is 3.03. The first kappa shape index (κ1) is 17.2. The molecule has 25 heavy (non-hydrogen) atoms. The number of halogens is 1. The molecule has 0 fully saturated rings. The minimum atomic E-state index is -0.565. The molecule has 2 aromatic carbocycles. The van der Waals surface area contributed by atoms with E-state index in [1.165, 1.54) is 6.07 Å². The van der Waals surface area contributed by atoms with Gasteiger partial charge in [-0.15, -0.1) is 0 Å². The Morgan fingerprint density at radius 2 is 1.56 bits per heavy atom. The molecule has 1 aliphatic rings. The van der Waals surface area contributed by atoms with E-state index in [1.54, 1.807) is 57.2 Å². The van der Waals surface area contributed by atoms with E-state index in [-0.39, 0.29) is 22.7 Å². The monoisotopic (exact) mass is 356 g/mol. The molecule has 1 N–H and O–H groups in total. The number of anilines is 2. The van der Waals surface area contributed by atoms with Crippen molar-refractivity contribution < 1.29 is 14.4 Å². The zero-order valence-electron chi connectivity index (χ0n) is 14.1. The zero-order valence-corrected chi connectivity index (χ0v) is 14.8. The summed E-state index contributed by atoms with van der Waals surface area (Å²) in [6.45, 7) is 5.39. The van der Waals surface area contributed by atoms with Gasteiger partial charge in [0.2, 0.25) is 5.91 Å². The molecule has 3 amide bonds. The summed E-state index contributed by atoms with van der Waals surface area (Å²) in [4.78, 5) is 38.2. The van der Waals surface area contributed by atoms with Gasteiger partial charge >= 0.3 is 0 Å². The molecular weight excluding hydrogens is 340 g/mol. The molecule has 0 bridgehead atoms. The smallest absolute Gasteiger partial charge is 0.266 e. The summed E-state index contributed by atoms with van der Waals surface area (Å²) in [7, 11) is 0. The normalized spacial score (nSPS) is 13.8. The number of nitrogens with one attached hydrogen (secondary N) is 1. The number of amides is 3. The van der Waals surface area contributed by atoms with Crippen molar-refractivity contribution in [2.24, 2.45) is 5.41 Å². The SMILES string of the molecule is CC(C)(C)C(=O)Nc1ccc(N2C(=O)c3ccccc3C2=O)cc1Cl. The molecule has 0 aliphatic carbocycles. The molecule has 0 spiro atoms. The second-order valence-electron chi connectivity index (χ2n) is 6.86. The summed E-state index contributed by atoms with van der Waals surface area (Å²) in [5.41, 5.74) is 0.972. The maximum atomic E-state index is 12.5. The highest BCUT2D eigenvalue weighted by Crippen LogP contribution is 2.33. The quantitative estimate of drug-likeness (QED) is 0.823. The van der Waals surface area contributed by atoms with Crippen LogP contribution in [0.3, 0.4) is 0 Å². The Bertz CT molecular complexity index is 865. The summed E-state index contributed by atoms with van der Waals surface area (Å²) in [6.07, 6.45) is 0. The van der Waals surface area contributed by atoms with E-state index in [2.05, 4.69) is 5.32 Å². The van der Waals surface area contributed by atoms with Crippen LogP contribution in [0.15, 0.2) is 42.5 Å². The van der Waals surface area contributed by atoms with Crippen LogP contribution in [0.1, 0.15) is 41.5 Å². The average Bonchev–Trinajstić information content (AvgIpc) is 2.80. The van der Waals surface area contributed by atoms with Gasteiger partial charge in [0.1, 0.15) is 0 Å². The topological polar surface area (TPSA) is 66.5 Å². The Hall–Kier alpha value is -2.66. The van der Waals surface area contributed by atoms with Gasteiger partial charge in [-0.05, 0) is 30.3 Å².